The number of pyridine rings is 1. The van der Waals surface area contributed by atoms with Crippen LogP contribution in [0.4, 0.5) is 0 Å². The van der Waals surface area contributed by atoms with Gasteiger partial charge < -0.3 is 10.3 Å². The van der Waals surface area contributed by atoms with Crippen LogP contribution in [0.5, 0.6) is 0 Å². The Balaban J connectivity index is 1.53. The van der Waals surface area contributed by atoms with Gasteiger partial charge in [0.25, 0.3) is 0 Å². The van der Waals surface area contributed by atoms with Gasteiger partial charge in [-0.25, -0.2) is 0 Å². The van der Waals surface area contributed by atoms with Gasteiger partial charge in [0.05, 0.1) is 18.6 Å². The van der Waals surface area contributed by atoms with Crippen LogP contribution in [0, 0.1) is 6.92 Å². The zero-order chi connectivity index (χ0) is 15.8. The Morgan fingerprint density at radius 2 is 2.04 bits per heavy atom. The van der Waals surface area contributed by atoms with E-state index in [4.69, 9.17) is 5.73 Å². The molecule has 0 radical (unpaired) electrons. The molecule has 1 aliphatic rings. The summed E-state index contributed by atoms with van der Waals surface area (Å²) in [6, 6.07) is 10.7. The highest BCUT2D eigenvalue weighted by molar-refractivity contribution is 5.79. The van der Waals surface area contributed by atoms with Crippen molar-refractivity contribution in [1.82, 2.24) is 24.6 Å². The normalized spacial score (nSPS) is 15.0. The molecule has 0 fully saturated rings. The van der Waals surface area contributed by atoms with Crippen LogP contribution in [0.25, 0.3) is 10.9 Å². The summed E-state index contributed by atoms with van der Waals surface area (Å²) in [5.74, 6) is 1.89. The molecule has 0 unspecified atom stereocenters. The molecule has 1 aliphatic heterocycles. The summed E-state index contributed by atoms with van der Waals surface area (Å²) in [6.07, 6.45) is 0. The van der Waals surface area contributed by atoms with Crippen molar-refractivity contribution in [3.05, 3.63) is 53.2 Å². The lowest BCUT2D eigenvalue weighted by Crippen LogP contribution is -2.34. The maximum atomic E-state index is 5.70. The molecule has 4 rings (SSSR count). The number of hydrogen-bond donors (Lipinski definition) is 1. The molecule has 3 aromatic rings. The van der Waals surface area contributed by atoms with Crippen LogP contribution in [0.15, 0.2) is 30.3 Å². The number of aryl methyl sites for hydroxylation is 1. The Morgan fingerprint density at radius 1 is 1.13 bits per heavy atom. The highest BCUT2D eigenvalue weighted by Crippen LogP contribution is 2.19. The highest BCUT2D eigenvalue weighted by Gasteiger charge is 2.20. The molecule has 6 heteroatoms. The zero-order valence-corrected chi connectivity index (χ0v) is 13.2. The van der Waals surface area contributed by atoms with Crippen LogP contribution in [-0.4, -0.2) is 31.2 Å². The van der Waals surface area contributed by atoms with Crippen LogP contribution >= 0.6 is 0 Å². The van der Waals surface area contributed by atoms with Gasteiger partial charge in [0.1, 0.15) is 11.6 Å². The van der Waals surface area contributed by atoms with Crippen molar-refractivity contribution in [3.63, 3.8) is 0 Å². The summed E-state index contributed by atoms with van der Waals surface area (Å²) in [5.41, 5.74) is 9.11. The molecule has 23 heavy (non-hydrogen) atoms. The van der Waals surface area contributed by atoms with E-state index in [9.17, 15) is 0 Å². The van der Waals surface area contributed by atoms with Gasteiger partial charge in [-0.3, -0.25) is 9.88 Å². The minimum Gasteiger partial charge on any atom is -0.324 e. The zero-order valence-electron chi connectivity index (χ0n) is 13.2. The number of fused-ring (bicyclic) bond motifs is 2. The summed E-state index contributed by atoms with van der Waals surface area (Å²) in [5, 5.41) is 9.61. The topological polar surface area (TPSA) is 72.9 Å². The molecule has 0 amide bonds. The van der Waals surface area contributed by atoms with Crippen molar-refractivity contribution in [1.29, 1.82) is 0 Å². The Labute approximate surface area is 135 Å². The van der Waals surface area contributed by atoms with E-state index in [2.05, 4.69) is 55.0 Å². The number of hydrogen-bond acceptors (Lipinski definition) is 5. The second-order valence-electron chi connectivity index (χ2n) is 6.08. The second-order valence-corrected chi connectivity index (χ2v) is 6.08. The van der Waals surface area contributed by atoms with E-state index in [1.165, 1.54) is 10.9 Å². The number of benzene rings is 1. The average molecular weight is 308 g/mol. The molecule has 0 saturated heterocycles. The van der Waals surface area contributed by atoms with Crippen molar-refractivity contribution in [2.24, 2.45) is 5.73 Å². The first-order valence-corrected chi connectivity index (χ1v) is 7.92. The van der Waals surface area contributed by atoms with Gasteiger partial charge in [0.15, 0.2) is 0 Å². The molecular weight excluding hydrogens is 288 g/mol. The first-order chi connectivity index (χ1) is 11.2. The molecule has 3 heterocycles. The Hall–Kier alpha value is -2.31. The van der Waals surface area contributed by atoms with Crippen molar-refractivity contribution in [3.8, 4) is 0 Å². The first-order valence-electron chi connectivity index (χ1n) is 7.92. The molecule has 118 valence electrons. The van der Waals surface area contributed by atoms with Gasteiger partial charge in [0.2, 0.25) is 0 Å². The smallest absolute Gasteiger partial charge is 0.147 e. The van der Waals surface area contributed by atoms with Gasteiger partial charge >= 0.3 is 0 Å². The maximum absolute atomic E-state index is 5.70. The summed E-state index contributed by atoms with van der Waals surface area (Å²) < 4.78 is 2.14. The van der Waals surface area contributed by atoms with E-state index in [0.29, 0.717) is 6.54 Å². The highest BCUT2D eigenvalue weighted by atomic mass is 15.3. The quantitative estimate of drug-likeness (QED) is 0.796. The third-order valence-electron chi connectivity index (χ3n) is 4.39. The monoisotopic (exact) mass is 308 g/mol. The van der Waals surface area contributed by atoms with E-state index in [0.717, 1.165) is 49.0 Å². The van der Waals surface area contributed by atoms with Gasteiger partial charge in [-0.2, -0.15) is 0 Å². The van der Waals surface area contributed by atoms with E-state index in [-0.39, 0.29) is 0 Å². The third kappa shape index (κ3) is 2.71. The van der Waals surface area contributed by atoms with E-state index >= 15 is 0 Å². The van der Waals surface area contributed by atoms with E-state index in [1.807, 2.05) is 6.92 Å². The lowest BCUT2D eigenvalue weighted by atomic mass is 10.1. The molecule has 0 bridgehead atoms. The lowest BCUT2D eigenvalue weighted by Gasteiger charge is -2.27. The minimum absolute atomic E-state index is 0.449. The molecular formula is C17H20N6. The first kappa shape index (κ1) is 14.3. The predicted octanol–water partition coefficient (Wildman–Crippen LogP) is 1.61. The molecule has 0 aliphatic carbocycles. The van der Waals surface area contributed by atoms with Gasteiger partial charge in [-0.1, -0.05) is 12.1 Å². The maximum Gasteiger partial charge on any atom is 0.147 e. The van der Waals surface area contributed by atoms with Crippen LogP contribution in [0.2, 0.25) is 0 Å². The van der Waals surface area contributed by atoms with Gasteiger partial charge in [-0.15, -0.1) is 10.2 Å². The fourth-order valence-electron chi connectivity index (χ4n) is 3.19. The van der Waals surface area contributed by atoms with E-state index in [1.54, 1.807) is 0 Å². The summed E-state index contributed by atoms with van der Waals surface area (Å²) in [4.78, 5) is 6.95. The molecule has 2 N–H and O–H groups in total. The van der Waals surface area contributed by atoms with Crippen molar-refractivity contribution >= 4 is 10.9 Å². The van der Waals surface area contributed by atoms with Crippen molar-refractivity contribution in [2.75, 3.05) is 6.54 Å². The summed E-state index contributed by atoms with van der Waals surface area (Å²) in [6.45, 7) is 6.09. The molecule has 6 nitrogen and oxygen atoms in total. The summed E-state index contributed by atoms with van der Waals surface area (Å²) >= 11 is 0. The van der Waals surface area contributed by atoms with Crippen LogP contribution in [0.3, 0.4) is 0 Å². The lowest BCUT2D eigenvalue weighted by molar-refractivity contribution is 0.207. The van der Waals surface area contributed by atoms with Crippen molar-refractivity contribution in [2.45, 2.75) is 33.1 Å². The minimum atomic E-state index is 0.449. The number of rotatable bonds is 3. The number of nitrogens with zero attached hydrogens (tertiary/aromatic N) is 5. The van der Waals surface area contributed by atoms with Crippen molar-refractivity contribution < 1.29 is 0 Å². The number of aromatic nitrogens is 4. The van der Waals surface area contributed by atoms with Gasteiger partial charge in [-0.05, 0) is 30.7 Å². The standard InChI is InChI=1S/C17H20N6/c1-12-2-4-14-8-13(3-5-15(14)19-12)10-22-6-7-23-16(9-18)20-21-17(23)11-22/h2-5,8H,6-7,9-11,18H2,1H3. The average Bonchev–Trinajstić information content (AvgIpc) is 2.97. The Morgan fingerprint density at radius 3 is 2.91 bits per heavy atom. The summed E-state index contributed by atoms with van der Waals surface area (Å²) in [7, 11) is 0. The number of nitrogens with two attached hydrogens (primary N) is 1. The van der Waals surface area contributed by atoms with Crippen LogP contribution in [0.1, 0.15) is 22.9 Å². The SMILES string of the molecule is Cc1ccc2cc(CN3CCn4c(CN)nnc4C3)ccc2n1. The molecule has 1 aromatic carbocycles. The van der Waals surface area contributed by atoms with E-state index < -0.39 is 0 Å². The fourth-order valence-corrected chi connectivity index (χ4v) is 3.19. The van der Waals surface area contributed by atoms with Crippen LogP contribution in [-0.2, 0) is 26.2 Å². The third-order valence-corrected chi connectivity index (χ3v) is 4.39. The van der Waals surface area contributed by atoms with Crippen LogP contribution < -0.4 is 5.73 Å². The molecule has 0 atom stereocenters. The fraction of sp³-hybridized carbons (Fsp3) is 0.353. The van der Waals surface area contributed by atoms with Gasteiger partial charge in [0, 0.05) is 30.7 Å². The second kappa shape index (κ2) is 5.72. The molecule has 0 saturated carbocycles. The predicted molar refractivity (Wildman–Crippen MR) is 88.5 cm³/mol. The largest absolute Gasteiger partial charge is 0.324 e. The Bertz CT molecular complexity index is 853. The molecule has 0 spiro atoms. The molecule has 2 aromatic heterocycles. The Kier molecular flexibility index (Phi) is 3.55.